The summed E-state index contributed by atoms with van der Waals surface area (Å²) in [6.45, 7) is 10.4. The molecule has 110 valence electrons. The number of rotatable bonds is 3. The zero-order valence-electron chi connectivity index (χ0n) is 13.1. The molecule has 2 nitrogen and oxygen atoms in total. The quantitative estimate of drug-likeness (QED) is 0.827. The average Bonchev–Trinajstić information content (AvgIpc) is 2.42. The van der Waals surface area contributed by atoms with Crippen molar-refractivity contribution in [2.75, 3.05) is 12.3 Å². The zero-order chi connectivity index (χ0) is 13.9. The molecule has 1 fully saturated rings. The Morgan fingerprint density at radius 3 is 2.53 bits per heavy atom. The molecular weight excluding hydrogens is 252 g/mol. The second-order valence-electron chi connectivity index (χ2n) is 7.05. The maximum absolute atomic E-state index is 4.85. The average molecular weight is 282 g/mol. The Kier molecular flexibility index (Phi) is 4.86. The first-order valence-electron chi connectivity index (χ1n) is 7.95. The van der Waals surface area contributed by atoms with Gasteiger partial charge in [-0.15, -0.1) is 0 Å². The minimum absolute atomic E-state index is 0.422. The van der Waals surface area contributed by atoms with E-state index in [0.717, 1.165) is 6.54 Å². The van der Waals surface area contributed by atoms with Crippen LogP contribution in [0, 0.1) is 10.8 Å². The Balaban J connectivity index is 1.95. The molecule has 0 aromatic heterocycles. The molecule has 2 aliphatic rings. The van der Waals surface area contributed by atoms with Gasteiger partial charge in [0.25, 0.3) is 0 Å². The SMILES string of the molecule is CCC1(CC)CN=C(NC2CCCCC2(C)C)SC1. The van der Waals surface area contributed by atoms with E-state index in [2.05, 4.69) is 33.0 Å². The molecule has 3 heteroatoms. The number of nitrogens with one attached hydrogen (secondary N) is 1. The van der Waals surface area contributed by atoms with Gasteiger partial charge in [0.1, 0.15) is 0 Å². The largest absolute Gasteiger partial charge is 0.362 e. The van der Waals surface area contributed by atoms with Crippen molar-refractivity contribution < 1.29 is 0 Å². The van der Waals surface area contributed by atoms with Crippen LogP contribution >= 0.6 is 11.8 Å². The molecule has 0 amide bonds. The van der Waals surface area contributed by atoms with Gasteiger partial charge >= 0.3 is 0 Å². The Hall–Kier alpha value is -0.180. The fraction of sp³-hybridized carbons (Fsp3) is 0.938. The summed E-state index contributed by atoms with van der Waals surface area (Å²) in [6, 6.07) is 0.614. The maximum atomic E-state index is 4.85. The van der Waals surface area contributed by atoms with Crippen LogP contribution in [0.15, 0.2) is 4.99 Å². The maximum Gasteiger partial charge on any atom is 0.156 e. The van der Waals surface area contributed by atoms with E-state index in [0.29, 0.717) is 16.9 Å². The molecule has 1 aliphatic carbocycles. The van der Waals surface area contributed by atoms with Crippen molar-refractivity contribution in [3.8, 4) is 0 Å². The molecule has 19 heavy (non-hydrogen) atoms. The van der Waals surface area contributed by atoms with Gasteiger partial charge in [0.05, 0.1) is 0 Å². The predicted octanol–water partition coefficient (Wildman–Crippen LogP) is 4.45. The van der Waals surface area contributed by atoms with Gasteiger partial charge < -0.3 is 5.32 Å². The molecule has 0 bridgehead atoms. The first-order valence-corrected chi connectivity index (χ1v) is 8.94. The van der Waals surface area contributed by atoms with Crippen molar-refractivity contribution >= 4 is 16.9 Å². The number of aliphatic imine (C=N–C) groups is 1. The summed E-state index contributed by atoms with van der Waals surface area (Å²) in [6.07, 6.45) is 7.91. The van der Waals surface area contributed by atoms with Crippen LogP contribution < -0.4 is 5.32 Å². The van der Waals surface area contributed by atoms with Gasteiger partial charge in [0, 0.05) is 18.3 Å². The van der Waals surface area contributed by atoms with Gasteiger partial charge in [-0.3, -0.25) is 4.99 Å². The first kappa shape index (κ1) is 15.2. The van der Waals surface area contributed by atoms with Crippen molar-refractivity contribution in [1.82, 2.24) is 5.32 Å². The van der Waals surface area contributed by atoms with E-state index in [1.54, 1.807) is 0 Å². The van der Waals surface area contributed by atoms with Crippen LogP contribution in [0.25, 0.3) is 0 Å². The van der Waals surface area contributed by atoms with Gasteiger partial charge in [-0.1, -0.05) is 52.3 Å². The lowest BCUT2D eigenvalue weighted by molar-refractivity contribution is 0.186. The molecule has 0 aromatic rings. The van der Waals surface area contributed by atoms with Gasteiger partial charge in [-0.05, 0) is 36.5 Å². The van der Waals surface area contributed by atoms with Gasteiger partial charge in [0.2, 0.25) is 0 Å². The van der Waals surface area contributed by atoms with Crippen LogP contribution in [0.3, 0.4) is 0 Å². The Morgan fingerprint density at radius 2 is 2.00 bits per heavy atom. The van der Waals surface area contributed by atoms with Crippen molar-refractivity contribution in [1.29, 1.82) is 0 Å². The van der Waals surface area contributed by atoms with Crippen molar-refractivity contribution in [3.63, 3.8) is 0 Å². The number of hydrogen-bond donors (Lipinski definition) is 1. The smallest absolute Gasteiger partial charge is 0.156 e. The Morgan fingerprint density at radius 1 is 1.26 bits per heavy atom. The standard InChI is InChI=1S/C16H30N2S/c1-5-16(6-2)11-17-14(19-12-16)18-13-9-7-8-10-15(13,3)4/h13H,5-12H2,1-4H3,(H,17,18). The minimum Gasteiger partial charge on any atom is -0.362 e. The summed E-state index contributed by atoms with van der Waals surface area (Å²) in [7, 11) is 0. The molecule has 1 unspecified atom stereocenters. The number of thioether (sulfide) groups is 1. The summed E-state index contributed by atoms with van der Waals surface area (Å²) in [4.78, 5) is 4.85. The van der Waals surface area contributed by atoms with Crippen molar-refractivity contribution in [3.05, 3.63) is 0 Å². The highest BCUT2D eigenvalue weighted by molar-refractivity contribution is 8.13. The van der Waals surface area contributed by atoms with E-state index >= 15 is 0 Å². The molecule has 0 saturated heterocycles. The molecule has 0 spiro atoms. The summed E-state index contributed by atoms with van der Waals surface area (Å²) in [5, 5.41) is 4.95. The molecule has 0 aromatic carbocycles. The summed E-state index contributed by atoms with van der Waals surface area (Å²) in [5.74, 6) is 1.24. The summed E-state index contributed by atoms with van der Waals surface area (Å²) in [5.41, 5.74) is 0.878. The monoisotopic (exact) mass is 282 g/mol. The normalized spacial score (nSPS) is 29.7. The first-order chi connectivity index (χ1) is 9.01. The molecule has 2 rings (SSSR count). The van der Waals surface area contributed by atoms with Crippen LogP contribution in [-0.2, 0) is 0 Å². The van der Waals surface area contributed by atoms with Crippen LogP contribution in [0.1, 0.15) is 66.2 Å². The predicted molar refractivity (Wildman–Crippen MR) is 86.9 cm³/mol. The van der Waals surface area contributed by atoms with E-state index in [1.807, 2.05) is 11.8 Å². The zero-order valence-corrected chi connectivity index (χ0v) is 13.9. The van der Waals surface area contributed by atoms with E-state index in [9.17, 15) is 0 Å². The van der Waals surface area contributed by atoms with Crippen LogP contribution in [-0.4, -0.2) is 23.5 Å². The van der Waals surface area contributed by atoms with Crippen LogP contribution in [0.4, 0.5) is 0 Å². The van der Waals surface area contributed by atoms with Crippen LogP contribution in [0.2, 0.25) is 0 Å². The van der Waals surface area contributed by atoms with Gasteiger partial charge in [-0.2, -0.15) is 0 Å². The number of nitrogens with zero attached hydrogens (tertiary/aromatic N) is 1. The molecule has 1 saturated carbocycles. The summed E-state index contributed by atoms with van der Waals surface area (Å²) < 4.78 is 0. The molecular formula is C16H30N2S. The minimum atomic E-state index is 0.422. The fourth-order valence-corrected chi connectivity index (χ4v) is 4.55. The molecule has 1 aliphatic heterocycles. The second-order valence-corrected chi connectivity index (χ2v) is 8.01. The highest BCUT2D eigenvalue weighted by atomic mass is 32.2. The van der Waals surface area contributed by atoms with Crippen molar-refractivity contribution in [2.45, 2.75) is 72.3 Å². The fourth-order valence-electron chi connectivity index (χ4n) is 3.23. The number of amidine groups is 1. The molecule has 1 N–H and O–H groups in total. The van der Waals surface area contributed by atoms with Crippen molar-refractivity contribution in [2.24, 2.45) is 15.8 Å². The third-order valence-corrected chi connectivity index (χ3v) is 6.66. The Labute approximate surface area is 123 Å². The lowest BCUT2D eigenvalue weighted by atomic mass is 9.73. The van der Waals surface area contributed by atoms with E-state index < -0.39 is 0 Å². The van der Waals surface area contributed by atoms with Gasteiger partial charge in [0.15, 0.2) is 5.17 Å². The lowest BCUT2D eigenvalue weighted by Gasteiger charge is -2.41. The van der Waals surface area contributed by atoms with E-state index in [-0.39, 0.29) is 0 Å². The van der Waals surface area contributed by atoms with Crippen LogP contribution in [0.5, 0.6) is 0 Å². The molecule has 1 heterocycles. The van der Waals surface area contributed by atoms with E-state index in [1.165, 1.54) is 49.4 Å². The second kappa shape index (κ2) is 6.07. The number of hydrogen-bond acceptors (Lipinski definition) is 3. The third kappa shape index (κ3) is 3.48. The lowest BCUT2D eigenvalue weighted by Crippen LogP contribution is -2.47. The van der Waals surface area contributed by atoms with Gasteiger partial charge in [-0.25, -0.2) is 0 Å². The highest BCUT2D eigenvalue weighted by Crippen LogP contribution is 2.38. The molecule has 0 radical (unpaired) electrons. The topological polar surface area (TPSA) is 24.4 Å². The Bertz CT molecular complexity index is 332. The highest BCUT2D eigenvalue weighted by Gasteiger charge is 2.35. The summed E-state index contributed by atoms with van der Waals surface area (Å²) >= 11 is 1.95. The third-order valence-electron chi connectivity index (χ3n) is 5.38. The van der Waals surface area contributed by atoms with E-state index in [4.69, 9.17) is 4.99 Å². The molecule has 1 atom stereocenters.